The average molecular weight is 527 g/mol. The van der Waals surface area contributed by atoms with E-state index in [0.29, 0.717) is 28.4 Å². The maximum Gasteiger partial charge on any atom is 0.340 e. The lowest BCUT2D eigenvalue weighted by Crippen LogP contribution is -2.31. The number of anilines is 1. The highest BCUT2D eigenvalue weighted by atomic mass is 16.5. The van der Waals surface area contributed by atoms with Crippen molar-refractivity contribution in [3.8, 4) is 11.5 Å². The van der Waals surface area contributed by atoms with Crippen molar-refractivity contribution >= 4 is 29.5 Å². The molecule has 3 aromatic carbocycles. The summed E-state index contributed by atoms with van der Waals surface area (Å²) in [5, 5.41) is 2.91. The third-order valence-electron chi connectivity index (χ3n) is 6.36. The number of amides is 2. The number of methoxy groups -OCH3 is 2. The van der Waals surface area contributed by atoms with E-state index in [2.05, 4.69) is 5.32 Å². The smallest absolute Gasteiger partial charge is 0.340 e. The molecule has 39 heavy (non-hydrogen) atoms. The quantitative estimate of drug-likeness (QED) is 0.317. The van der Waals surface area contributed by atoms with Gasteiger partial charge in [-0.3, -0.25) is 14.5 Å². The molecule has 0 radical (unpaired) electrons. The zero-order chi connectivity index (χ0) is 27.9. The molecule has 1 heterocycles. The molecule has 4 rings (SSSR count). The number of ether oxygens (including phenoxy) is 3. The Morgan fingerprint density at radius 3 is 2.18 bits per heavy atom. The van der Waals surface area contributed by atoms with Gasteiger partial charge in [-0.25, -0.2) is 4.79 Å². The first-order valence-corrected chi connectivity index (χ1v) is 12.4. The first-order valence-electron chi connectivity index (χ1n) is 12.4. The van der Waals surface area contributed by atoms with Gasteiger partial charge in [0.1, 0.15) is 11.5 Å². The summed E-state index contributed by atoms with van der Waals surface area (Å²) < 4.78 is 15.8. The number of nitrogens with zero attached hydrogens (tertiary/aromatic N) is 1. The summed E-state index contributed by atoms with van der Waals surface area (Å²) in [6, 6.07) is 23.4. The van der Waals surface area contributed by atoms with Crippen LogP contribution in [0.25, 0.3) is 6.08 Å². The lowest BCUT2D eigenvalue weighted by atomic mass is 10.0. The van der Waals surface area contributed by atoms with Gasteiger partial charge in [0.2, 0.25) is 0 Å². The summed E-state index contributed by atoms with van der Waals surface area (Å²) in [5.41, 5.74) is 3.18. The molecule has 0 bridgehead atoms. The van der Waals surface area contributed by atoms with Crippen LogP contribution in [0.2, 0.25) is 0 Å². The average Bonchev–Trinajstić information content (AvgIpc) is 3.21. The summed E-state index contributed by atoms with van der Waals surface area (Å²) in [7, 11) is 2.85. The molecule has 1 atom stereocenters. The van der Waals surface area contributed by atoms with Crippen molar-refractivity contribution < 1.29 is 28.6 Å². The van der Waals surface area contributed by atoms with Crippen LogP contribution in [0.3, 0.4) is 0 Å². The largest absolute Gasteiger partial charge is 0.497 e. The van der Waals surface area contributed by atoms with Gasteiger partial charge in [0.15, 0.2) is 6.61 Å². The van der Waals surface area contributed by atoms with Crippen molar-refractivity contribution in [1.82, 2.24) is 5.32 Å². The Bertz CT molecular complexity index is 1410. The normalized spacial score (nSPS) is 14.8. The number of carbonyl (C=O) groups is 3. The second kappa shape index (κ2) is 12.1. The Balaban J connectivity index is 1.47. The van der Waals surface area contributed by atoms with Crippen molar-refractivity contribution in [2.75, 3.05) is 25.7 Å². The molecule has 8 heteroatoms. The molecule has 0 fully saturated rings. The van der Waals surface area contributed by atoms with E-state index in [4.69, 9.17) is 14.2 Å². The molecule has 0 saturated carbocycles. The highest BCUT2D eigenvalue weighted by Gasteiger charge is 2.37. The SMILES string of the molecule is COC(=O)C1=C(C)N(c2ccc(OC)cc2)C(=O)/C1=C\c1ccc(OCC(=O)N[C@@H](C)c2ccccc2)cc1. The number of hydrogen-bond donors (Lipinski definition) is 1. The van der Waals surface area contributed by atoms with E-state index >= 15 is 0 Å². The van der Waals surface area contributed by atoms with Crippen molar-refractivity contribution in [3.63, 3.8) is 0 Å². The fourth-order valence-electron chi connectivity index (χ4n) is 4.31. The van der Waals surface area contributed by atoms with Crippen molar-refractivity contribution in [1.29, 1.82) is 0 Å². The molecule has 1 aliphatic heterocycles. The van der Waals surface area contributed by atoms with Crippen LogP contribution < -0.4 is 19.7 Å². The summed E-state index contributed by atoms with van der Waals surface area (Å²) in [5.74, 6) is -0.0314. The van der Waals surface area contributed by atoms with E-state index in [0.717, 1.165) is 5.56 Å². The fourth-order valence-corrected chi connectivity index (χ4v) is 4.31. The number of esters is 1. The summed E-state index contributed by atoms with van der Waals surface area (Å²) in [6.45, 7) is 3.48. The molecule has 2 amide bonds. The van der Waals surface area contributed by atoms with Gasteiger partial charge in [-0.15, -0.1) is 0 Å². The third kappa shape index (κ3) is 6.18. The van der Waals surface area contributed by atoms with Crippen LogP contribution in [0.4, 0.5) is 5.69 Å². The Morgan fingerprint density at radius 2 is 1.56 bits per heavy atom. The molecular weight excluding hydrogens is 496 g/mol. The van der Waals surface area contributed by atoms with Gasteiger partial charge >= 0.3 is 5.97 Å². The number of rotatable bonds is 9. The molecule has 0 aromatic heterocycles. The number of hydrogen-bond acceptors (Lipinski definition) is 6. The molecule has 8 nitrogen and oxygen atoms in total. The van der Waals surface area contributed by atoms with Crippen LogP contribution in [0.5, 0.6) is 11.5 Å². The summed E-state index contributed by atoms with van der Waals surface area (Å²) in [6.07, 6.45) is 1.64. The van der Waals surface area contributed by atoms with Crippen LogP contribution >= 0.6 is 0 Å². The zero-order valence-corrected chi connectivity index (χ0v) is 22.3. The minimum atomic E-state index is -0.598. The predicted molar refractivity (Wildman–Crippen MR) is 148 cm³/mol. The summed E-state index contributed by atoms with van der Waals surface area (Å²) >= 11 is 0. The topological polar surface area (TPSA) is 94.2 Å². The Labute approximate surface area is 227 Å². The van der Waals surface area contributed by atoms with Crippen molar-refractivity contribution in [3.05, 3.63) is 107 Å². The van der Waals surface area contributed by atoms with Crippen LogP contribution in [0, 0.1) is 0 Å². The molecule has 1 N–H and O–H groups in total. The molecule has 1 aliphatic rings. The van der Waals surface area contributed by atoms with Gasteiger partial charge in [0.05, 0.1) is 31.4 Å². The van der Waals surface area contributed by atoms with Gasteiger partial charge in [0, 0.05) is 11.4 Å². The van der Waals surface area contributed by atoms with E-state index in [9.17, 15) is 14.4 Å². The van der Waals surface area contributed by atoms with E-state index in [1.807, 2.05) is 37.3 Å². The van der Waals surface area contributed by atoms with Crippen LogP contribution in [0.15, 0.2) is 95.7 Å². The van der Waals surface area contributed by atoms with Crippen molar-refractivity contribution in [2.45, 2.75) is 19.9 Å². The molecule has 0 unspecified atom stereocenters. The Hall–Kier alpha value is -4.85. The van der Waals surface area contributed by atoms with Crippen LogP contribution in [-0.2, 0) is 19.1 Å². The van der Waals surface area contributed by atoms with E-state index < -0.39 is 5.97 Å². The highest BCUT2D eigenvalue weighted by Crippen LogP contribution is 2.36. The van der Waals surface area contributed by atoms with Crippen molar-refractivity contribution in [2.24, 2.45) is 0 Å². The number of allylic oxidation sites excluding steroid dienone is 1. The van der Waals surface area contributed by atoms with E-state index in [-0.39, 0.29) is 35.6 Å². The molecule has 3 aromatic rings. The van der Waals surface area contributed by atoms with Gasteiger partial charge in [-0.1, -0.05) is 42.5 Å². The second-order valence-corrected chi connectivity index (χ2v) is 8.91. The zero-order valence-electron chi connectivity index (χ0n) is 22.3. The van der Waals surface area contributed by atoms with E-state index in [1.54, 1.807) is 68.6 Å². The van der Waals surface area contributed by atoms with Gasteiger partial charge in [-0.2, -0.15) is 0 Å². The number of carbonyl (C=O) groups excluding carboxylic acids is 3. The minimum absolute atomic E-state index is 0.138. The molecule has 0 saturated heterocycles. The first kappa shape index (κ1) is 27.2. The highest BCUT2D eigenvalue weighted by molar-refractivity contribution is 6.23. The minimum Gasteiger partial charge on any atom is -0.497 e. The lowest BCUT2D eigenvalue weighted by Gasteiger charge is -2.18. The Morgan fingerprint density at radius 1 is 0.923 bits per heavy atom. The monoisotopic (exact) mass is 526 g/mol. The standard InChI is InChI=1S/C31H30N2O6/c1-20(23-8-6-5-7-9-23)32-28(34)19-39-26-14-10-22(11-15-26)18-27-29(31(36)38-4)21(2)33(30(27)35)24-12-16-25(37-3)17-13-24/h5-18,20H,19H2,1-4H3,(H,32,34)/b27-18-/t20-/m0/s1. The first-order chi connectivity index (χ1) is 18.8. The fraction of sp³-hybridized carbons (Fsp3) is 0.194. The molecule has 0 aliphatic carbocycles. The van der Waals surface area contributed by atoms with Gasteiger partial charge in [0.25, 0.3) is 11.8 Å². The second-order valence-electron chi connectivity index (χ2n) is 8.91. The number of benzene rings is 3. The van der Waals surface area contributed by atoms with Crippen LogP contribution in [0.1, 0.15) is 31.0 Å². The maximum absolute atomic E-state index is 13.4. The van der Waals surface area contributed by atoms with Gasteiger partial charge < -0.3 is 19.5 Å². The Kier molecular flexibility index (Phi) is 8.46. The number of nitrogens with one attached hydrogen (secondary N) is 1. The van der Waals surface area contributed by atoms with Crippen LogP contribution in [-0.4, -0.2) is 38.6 Å². The molecule has 0 spiro atoms. The summed E-state index contributed by atoms with van der Waals surface area (Å²) in [4.78, 5) is 39.9. The lowest BCUT2D eigenvalue weighted by molar-refractivity contribution is -0.136. The molecular formula is C31H30N2O6. The van der Waals surface area contributed by atoms with E-state index in [1.165, 1.54) is 12.0 Å². The maximum atomic E-state index is 13.4. The molecule has 200 valence electrons. The third-order valence-corrected chi connectivity index (χ3v) is 6.36. The van der Waals surface area contributed by atoms with Gasteiger partial charge in [-0.05, 0) is 67.4 Å². The predicted octanol–water partition coefficient (Wildman–Crippen LogP) is 4.83.